The van der Waals surface area contributed by atoms with Crippen LogP contribution in [0.2, 0.25) is 0 Å². The van der Waals surface area contributed by atoms with Crippen LogP contribution < -0.4 is 4.90 Å². The molecule has 1 N–H and O–H groups in total. The second kappa shape index (κ2) is 4.16. The SMILES string of the molecule is Cc1ccc(C(C)(C)C)cc1N(C)C(=O)O. The van der Waals surface area contributed by atoms with Crippen molar-refractivity contribution in [3.63, 3.8) is 0 Å². The summed E-state index contributed by atoms with van der Waals surface area (Å²) in [7, 11) is 1.57. The van der Waals surface area contributed by atoms with Crippen LogP contribution in [0.5, 0.6) is 0 Å². The van der Waals surface area contributed by atoms with Gasteiger partial charge < -0.3 is 5.11 Å². The topological polar surface area (TPSA) is 40.5 Å². The lowest BCUT2D eigenvalue weighted by atomic mass is 9.86. The van der Waals surface area contributed by atoms with E-state index in [-0.39, 0.29) is 5.41 Å². The highest BCUT2D eigenvalue weighted by Gasteiger charge is 2.17. The second-order valence-electron chi connectivity index (χ2n) is 5.09. The first-order chi connectivity index (χ1) is 7.23. The van der Waals surface area contributed by atoms with E-state index < -0.39 is 6.09 Å². The summed E-state index contributed by atoms with van der Waals surface area (Å²) in [4.78, 5) is 12.2. The van der Waals surface area contributed by atoms with Crippen LogP contribution in [0.25, 0.3) is 0 Å². The van der Waals surface area contributed by atoms with Gasteiger partial charge >= 0.3 is 6.09 Å². The van der Waals surface area contributed by atoms with Crippen LogP contribution in [-0.2, 0) is 5.41 Å². The quantitative estimate of drug-likeness (QED) is 0.789. The van der Waals surface area contributed by atoms with E-state index in [1.165, 1.54) is 4.90 Å². The van der Waals surface area contributed by atoms with Crippen molar-refractivity contribution in [1.82, 2.24) is 0 Å². The number of anilines is 1. The lowest BCUT2D eigenvalue weighted by Crippen LogP contribution is -2.25. The highest BCUT2D eigenvalue weighted by atomic mass is 16.4. The summed E-state index contributed by atoms with van der Waals surface area (Å²) < 4.78 is 0. The Kier molecular flexibility index (Phi) is 3.27. The number of amides is 1. The first-order valence-electron chi connectivity index (χ1n) is 5.31. The fraction of sp³-hybridized carbons (Fsp3) is 0.462. The van der Waals surface area contributed by atoms with Gasteiger partial charge in [-0.1, -0.05) is 32.9 Å². The van der Waals surface area contributed by atoms with Crippen molar-refractivity contribution in [3.8, 4) is 0 Å². The van der Waals surface area contributed by atoms with Gasteiger partial charge in [-0.2, -0.15) is 0 Å². The van der Waals surface area contributed by atoms with Crippen molar-refractivity contribution < 1.29 is 9.90 Å². The minimum absolute atomic E-state index is 0.0296. The third kappa shape index (κ3) is 2.54. The van der Waals surface area contributed by atoms with E-state index in [2.05, 4.69) is 26.8 Å². The Morgan fingerprint density at radius 2 is 1.88 bits per heavy atom. The van der Waals surface area contributed by atoms with E-state index in [1.54, 1.807) is 7.05 Å². The molecule has 0 fully saturated rings. The molecule has 0 aliphatic rings. The molecule has 0 radical (unpaired) electrons. The van der Waals surface area contributed by atoms with E-state index in [9.17, 15) is 4.79 Å². The smallest absolute Gasteiger partial charge is 0.411 e. The number of aryl methyl sites for hydroxylation is 1. The third-order valence-corrected chi connectivity index (χ3v) is 2.72. The average Bonchev–Trinajstić information content (AvgIpc) is 2.15. The molecule has 0 aromatic heterocycles. The molecule has 1 amide bonds. The number of carbonyl (C=O) groups is 1. The standard InChI is InChI=1S/C13H19NO2/c1-9-6-7-10(13(2,3)4)8-11(9)14(5)12(15)16/h6-8H,1-5H3,(H,15,16). The van der Waals surface area contributed by atoms with Gasteiger partial charge in [0.1, 0.15) is 0 Å². The summed E-state index contributed by atoms with van der Waals surface area (Å²) in [5.41, 5.74) is 2.89. The normalized spacial score (nSPS) is 11.3. The lowest BCUT2D eigenvalue weighted by molar-refractivity contribution is 0.203. The molecule has 0 heterocycles. The summed E-state index contributed by atoms with van der Waals surface area (Å²) in [6, 6.07) is 5.97. The number of benzene rings is 1. The second-order valence-corrected chi connectivity index (χ2v) is 5.09. The highest BCUT2D eigenvalue weighted by molar-refractivity contribution is 5.86. The van der Waals surface area contributed by atoms with Gasteiger partial charge in [0.2, 0.25) is 0 Å². The van der Waals surface area contributed by atoms with Crippen LogP contribution in [0, 0.1) is 6.92 Å². The number of carboxylic acid groups (broad SMARTS) is 1. The zero-order valence-corrected chi connectivity index (χ0v) is 10.5. The molecule has 0 aliphatic heterocycles. The lowest BCUT2D eigenvalue weighted by Gasteiger charge is -2.23. The molecule has 3 heteroatoms. The summed E-state index contributed by atoms with van der Waals surface area (Å²) >= 11 is 0. The molecule has 0 saturated carbocycles. The van der Waals surface area contributed by atoms with Gasteiger partial charge in [-0.25, -0.2) is 4.79 Å². The van der Waals surface area contributed by atoms with E-state index in [4.69, 9.17) is 5.11 Å². The van der Waals surface area contributed by atoms with Gasteiger partial charge in [-0.15, -0.1) is 0 Å². The van der Waals surface area contributed by atoms with Crippen LogP contribution in [0.4, 0.5) is 10.5 Å². The largest absolute Gasteiger partial charge is 0.465 e. The highest BCUT2D eigenvalue weighted by Crippen LogP contribution is 2.28. The number of hydrogen-bond acceptors (Lipinski definition) is 1. The predicted molar refractivity (Wildman–Crippen MR) is 66.3 cm³/mol. The molecule has 0 spiro atoms. The summed E-state index contributed by atoms with van der Waals surface area (Å²) in [6.07, 6.45) is -0.936. The first kappa shape index (κ1) is 12.6. The molecule has 0 aliphatic carbocycles. The van der Waals surface area contributed by atoms with E-state index >= 15 is 0 Å². The minimum atomic E-state index is -0.936. The maximum Gasteiger partial charge on any atom is 0.411 e. The van der Waals surface area contributed by atoms with Crippen molar-refractivity contribution in [2.45, 2.75) is 33.1 Å². The monoisotopic (exact) mass is 221 g/mol. The Morgan fingerprint density at radius 1 is 1.31 bits per heavy atom. The Morgan fingerprint density at radius 3 is 2.31 bits per heavy atom. The molecule has 0 bridgehead atoms. The van der Waals surface area contributed by atoms with E-state index in [0.717, 1.165) is 16.8 Å². The molecule has 88 valence electrons. The Bertz CT molecular complexity index is 405. The Hall–Kier alpha value is -1.51. The van der Waals surface area contributed by atoms with Crippen LogP contribution in [0.3, 0.4) is 0 Å². The van der Waals surface area contributed by atoms with Gasteiger partial charge in [0, 0.05) is 12.7 Å². The van der Waals surface area contributed by atoms with Crippen molar-refractivity contribution in [2.75, 3.05) is 11.9 Å². The Labute approximate surface area is 96.7 Å². The van der Waals surface area contributed by atoms with Gasteiger partial charge in [-0.05, 0) is 29.5 Å². The number of hydrogen-bond donors (Lipinski definition) is 1. The number of rotatable bonds is 1. The molecule has 0 atom stereocenters. The van der Waals surface area contributed by atoms with E-state index in [0.29, 0.717) is 0 Å². The molecule has 0 unspecified atom stereocenters. The maximum absolute atomic E-state index is 10.9. The maximum atomic E-state index is 10.9. The fourth-order valence-corrected chi connectivity index (χ4v) is 1.54. The molecule has 16 heavy (non-hydrogen) atoms. The molecule has 3 nitrogen and oxygen atoms in total. The summed E-state index contributed by atoms with van der Waals surface area (Å²) in [5, 5.41) is 8.98. The molecule has 1 rings (SSSR count). The van der Waals surface area contributed by atoms with Crippen molar-refractivity contribution in [1.29, 1.82) is 0 Å². The third-order valence-electron chi connectivity index (χ3n) is 2.72. The zero-order chi connectivity index (χ0) is 12.5. The van der Waals surface area contributed by atoms with Crippen LogP contribution in [-0.4, -0.2) is 18.2 Å². The van der Waals surface area contributed by atoms with Crippen molar-refractivity contribution in [3.05, 3.63) is 29.3 Å². The van der Waals surface area contributed by atoms with Crippen LogP contribution in [0.1, 0.15) is 31.9 Å². The van der Waals surface area contributed by atoms with Gasteiger partial charge in [0.05, 0.1) is 0 Å². The fourth-order valence-electron chi connectivity index (χ4n) is 1.54. The van der Waals surface area contributed by atoms with Crippen molar-refractivity contribution >= 4 is 11.8 Å². The summed E-state index contributed by atoms with van der Waals surface area (Å²) in [5.74, 6) is 0. The number of nitrogens with zero attached hydrogens (tertiary/aromatic N) is 1. The minimum Gasteiger partial charge on any atom is -0.465 e. The molecular weight excluding hydrogens is 202 g/mol. The first-order valence-corrected chi connectivity index (χ1v) is 5.31. The van der Waals surface area contributed by atoms with Gasteiger partial charge in [0.25, 0.3) is 0 Å². The predicted octanol–water partition coefficient (Wildman–Crippen LogP) is 3.41. The molecule has 1 aromatic carbocycles. The van der Waals surface area contributed by atoms with Gasteiger partial charge in [0.15, 0.2) is 0 Å². The van der Waals surface area contributed by atoms with Crippen LogP contribution >= 0.6 is 0 Å². The van der Waals surface area contributed by atoms with E-state index in [1.807, 2.05) is 19.1 Å². The molecule has 1 aromatic rings. The molecular formula is C13H19NO2. The van der Waals surface area contributed by atoms with Crippen molar-refractivity contribution in [2.24, 2.45) is 0 Å². The summed E-state index contributed by atoms with van der Waals surface area (Å²) in [6.45, 7) is 8.26. The molecule has 0 saturated heterocycles. The zero-order valence-electron chi connectivity index (χ0n) is 10.5. The Balaban J connectivity index is 3.24. The van der Waals surface area contributed by atoms with Gasteiger partial charge in [-0.3, -0.25) is 4.90 Å². The average molecular weight is 221 g/mol. The van der Waals surface area contributed by atoms with Crippen LogP contribution in [0.15, 0.2) is 18.2 Å².